The predicted octanol–water partition coefficient (Wildman–Crippen LogP) is 13.0. The van der Waals surface area contributed by atoms with Gasteiger partial charge in [0.15, 0.2) is 0 Å². The molecule has 0 saturated carbocycles. The number of benzene rings is 5. The molecule has 54 heavy (non-hydrogen) atoms. The molecule has 5 aromatic rings. The quantitative estimate of drug-likeness (QED) is 0.110. The van der Waals surface area contributed by atoms with E-state index in [9.17, 15) is 9.13 Å². The van der Waals surface area contributed by atoms with E-state index in [1.165, 1.54) is 0 Å². The van der Waals surface area contributed by atoms with Crippen LogP contribution in [0.15, 0.2) is 127 Å². The fourth-order valence-corrected chi connectivity index (χ4v) is 9.43. The second-order valence-electron chi connectivity index (χ2n) is 13.7. The Labute approximate surface area is 318 Å². The van der Waals surface area contributed by atoms with Gasteiger partial charge in [-0.3, -0.25) is 4.52 Å². The fourth-order valence-electron chi connectivity index (χ4n) is 6.27. The fraction of sp³-hybridized carbons (Fsp3) is 0.227. The van der Waals surface area contributed by atoms with Crippen molar-refractivity contribution in [3.63, 3.8) is 0 Å². The summed E-state index contributed by atoms with van der Waals surface area (Å²) in [4.78, 5) is 0. The smallest absolute Gasteiger partial charge is 0.395 e. The molecule has 0 N–H and O–H groups in total. The first kappa shape index (κ1) is 38.7. The summed E-state index contributed by atoms with van der Waals surface area (Å²) in [7, 11) is -8.41. The Bertz CT molecular complexity index is 2180. The van der Waals surface area contributed by atoms with E-state index in [1.807, 2.05) is 152 Å². The molecule has 1 aliphatic rings. The molecule has 0 fully saturated rings. The van der Waals surface area contributed by atoms with E-state index in [2.05, 4.69) is 0 Å². The van der Waals surface area contributed by atoms with Crippen LogP contribution in [-0.2, 0) is 13.7 Å². The number of allylic oxidation sites excluding steroid dienone is 2. The van der Waals surface area contributed by atoms with Crippen LogP contribution in [0.5, 0.6) is 28.7 Å². The maximum atomic E-state index is 14.5. The number of phosphoric ester groups is 2. The van der Waals surface area contributed by atoms with Crippen molar-refractivity contribution in [3.8, 4) is 39.9 Å². The average molecular weight is 765 g/mol. The molecule has 8 nitrogen and oxygen atoms in total. The number of phosphoric acid groups is 2. The Kier molecular flexibility index (Phi) is 11.6. The lowest BCUT2D eigenvalue weighted by atomic mass is 9.94. The first-order chi connectivity index (χ1) is 25.7. The molecule has 6 rings (SSSR count). The third-order valence-corrected chi connectivity index (χ3v) is 11.8. The number of para-hydroxylation sites is 3. The Balaban J connectivity index is 1.23. The van der Waals surface area contributed by atoms with Crippen molar-refractivity contribution < 1.29 is 36.3 Å². The summed E-state index contributed by atoms with van der Waals surface area (Å²) in [5, 5.41) is 0. The van der Waals surface area contributed by atoms with Gasteiger partial charge in [0, 0.05) is 5.92 Å². The normalized spacial score (nSPS) is 16.6. The van der Waals surface area contributed by atoms with Crippen molar-refractivity contribution >= 4 is 15.6 Å². The average Bonchev–Trinajstić information content (AvgIpc) is 3.12. The molecule has 0 radical (unpaired) electrons. The third kappa shape index (κ3) is 9.02. The highest BCUT2D eigenvalue weighted by atomic mass is 31.2. The minimum atomic E-state index is -4.23. The third-order valence-electron chi connectivity index (χ3n) is 9.25. The predicted molar refractivity (Wildman–Crippen MR) is 215 cm³/mol. The van der Waals surface area contributed by atoms with E-state index in [4.69, 9.17) is 27.1 Å². The summed E-state index contributed by atoms with van der Waals surface area (Å²) in [6.45, 7) is 15.3. The molecule has 0 aromatic heterocycles. The second-order valence-corrected chi connectivity index (χ2v) is 16.7. The van der Waals surface area contributed by atoms with Gasteiger partial charge in [-0.05, 0) is 123 Å². The van der Waals surface area contributed by atoms with Crippen LogP contribution in [-0.4, -0.2) is 6.10 Å². The van der Waals surface area contributed by atoms with Crippen molar-refractivity contribution in [2.75, 3.05) is 0 Å². The summed E-state index contributed by atoms with van der Waals surface area (Å²) in [5.74, 6) is 1.94. The number of hydrogen-bond acceptors (Lipinski definition) is 8. The molecule has 10 heteroatoms. The first-order valence-electron chi connectivity index (χ1n) is 17.8. The van der Waals surface area contributed by atoms with E-state index < -0.39 is 21.7 Å². The van der Waals surface area contributed by atoms with Gasteiger partial charge in [0.1, 0.15) is 28.7 Å². The molecule has 0 spiro atoms. The van der Waals surface area contributed by atoms with Crippen molar-refractivity contribution in [2.24, 2.45) is 5.92 Å². The van der Waals surface area contributed by atoms with Crippen LogP contribution in [0.3, 0.4) is 0 Å². The van der Waals surface area contributed by atoms with Gasteiger partial charge in [-0.25, -0.2) is 4.57 Å². The largest absolute Gasteiger partial charge is 0.647 e. The van der Waals surface area contributed by atoms with Gasteiger partial charge in [0.25, 0.3) is 0 Å². The molecule has 1 aliphatic carbocycles. The van der Waals surface area contributed by atoms with Crippen LogP contribution in [0.4, 0.5) is 0 Å². The van der Waals surface area contributed by atoms with Crippen LogP contribution >= 0.6 is 15.6 Å². The van der Waals surface area contributed by atoms with Gasteiger partial charge in [-0.2, -0.15) is 4.57 Å². The number of hydrogen-bond donors (Lipinski definition) is 0. The molecule has 0 saturated heterocycles. The standard InChI is InChI=1S/C44H46O8P2/c1-29-13-9-14-30(2)41(29)49-53(45,50-42-31(3)15-10-16-32(42)4)47-39-25-21-37(22-26-39)38-23-27-40(28-24-38)48-54(46,51-43-33(5)17-11-18-34(43)6)52-44-35(7)19-12-20-36(44)8/h9-29,41H,1-8H3. The maximum absolute atomic E-state index is 14.5. The summed E-state index contributed by atoms with van der Waals surface area (Å²) in [6.07, 6.45) is 5.42. The Morgan fingerprint density at radius 3 is 1.19 bits per heavy atom. The molecule has 3 atom stereocenters. The second kappa shape index (κ2) is 16.2. The van der Waals surface area contributed by atoms with Gasteiger partial charge < -0.3 is 22.6 Å². The highest BCUT2D eigenvalue weighted by Crippen LogP contribution is 2.54. The van der Waals surface area contributed by atoms with Crippen LogP contribution in [0.25, 0.3) is 11.1 Å². The minimum absolute atomic E-state index is 0.0343. The number of aryl methyl sites for hydroxylation is 6. The lowest BCUT2D eigenvalue weighted by molar-refractivity contribution is 0.139. The zero-order valence-corrected chi connectivity index (χ0v) is 33.7. The molecular weight excluding hydrogens is 718 g/mol. The van der Waals surface area contributed by atoms with E-state index in [-0.39, 0.29) is 5.92 Å². The summed E-state index contributed by atoms with van der Waals surface area (Å²) in [5.41, 5.74) is 7.48. The van der Waals surface area contributed by atoms with Crippen molar-refractivity contribution in [1.82, 2.24) is 0 Å². The molecule has 0 heterocycles. The van der Waals surface area contributed by atoms with Gasteiger partial charge in [0.05, 0.1) is 6.10 Å². The molecule has 0 bridgehead atoms. The minimum Gasteiger partial charge on any atom is -0.395 e. The van der Waals surface area contributed by atoms with Gasteiger partial charge >= 0.3 is 15.6 Å². The lowest BCUT2D eigenvalue weighted by Gasteiger charge is -2.29. The Hall–Kier alpha value is -5.00. The highest BCUT2D eigenvalue weighted by Gasteiger charge is 2.39. The summed E-state index contributed by atoms with van der Waals surface area (Å²) in [6, 6.07) is 31.3. The first-order valence-corrected chi connectivity index (χ1v) is 20.8. The molecule has 280 valence electrons. The molecule has 0 aliphatic heterocycles. The Morgan fingerprint density at radius 1 is 0.463 bits per heavy atom. The monoisotopic (exact) mass is 764 g/mol. The van der Waals surface area contributed by atoms with Crippen molar-refractivity contribution in [2.45, 2.75) is 61.5 Å². The lowest BCUT2D eigenvalue weighted by Crippen LogP contribution is -2.25. The van der Waals surface area contributed by atoms with Crippen LogP contribution in [0, 0.1) is 47.5 Å². The molecular formula is C44H46O8P2. The summed E-state index contributed by atoms with van der Waals surface area (Å²) < 4.78 is 65.6. The van der Waals surface area contributed by atoms with E-state index in [0.717, 1.165) is 50.1 Å². The van der Waals surface area contributed by atoms with Crippen LogP contribution in [0.2, 0.25) is 0 Å². The van der Waals surface area contributed by atoms with Crippen molar-refractivity contribution in [3.05, 3.63) is 160 Å². The van der Waals surface area contributed by atoms with Gasteiger partial charge in [0.2, 0.25) is 0 Å². The van der Waals surface area contributed by atoms with E-state index in [1.54, 1.807) is 24.3 Å². The van der Waals surface area contributed by atoms with E-state index in [0.29, 0.717) is 28.7 Å². The molecule has 5 aromatic carbocycles. The van der Waals surface area contributed by atoms with Crippen LogP contribution < -0.4 is 22.6 Å². The zero-order chi connectivity index (χ0) is 38.6. The maximum Gasteiger partial charge on any atom is 0.647 e. The van der Waals surface area contributed by atoms with Crippen LogP contribution in [0.1, 0.15) is 47.2 Å². The summed E-state index contributed by atoms with van der Waals surface area (Å²) >= 11 is 0. The topological polar surface area (TPSA) is 89.5 Å². The van der Waals surface area contributed by atoms with Gasteiger partial charge in [-0.15, -0.1) is 0 Å². The highest BCUT2D eigenvalue weighted by molar-refractivity contribution is 7.50. The number of rotatable bonds is 13. The van der Waals surface area contributed by atoms with Gasteiger partial charge in [-0.1, -0.05) is 104 Å². The molecule has 0 amide bonds. The molecule has 3 unspecified atom stereocenters. The van der Waals surface area contributed by atoms with E-state index >= 15 is 0 Å². The SMILES string of the molecule is CC1=CC=CC(C)C1OP(=O)(Oc1ccc(-c2ccc(OP(=O)(Oc3c(C)cccc3C)Oc3c(C)cccc3C)cc2)cc1)Oc1c(C)cccc1C. The van der Waals surface area contributed by atoms with Crippen molar-refractivity contribution in [1.29, 1.82) is 0 Å². The zero-order valence-electron chi connectivity index (χ0n) is 31.9. The Morgan fingerprint density at radius 2 is 0.815 bits per heavy atom.